The van der Waals surface area contributed by atoms with Gasteiger partial charge in [0, 0.05) is 0 Å². The summed E-state index contributed by atoms with van der Waals surface area (Å²) in [4.78, 5) is 0. The summed E-state index contributed by atoms with van der Waals surface area (Å²) in [6.45, 7) is 2.85. The van der Waals surface area contributed by atoms with Crippen molar-refractivity contribution >= 4 is 11.4 Å². The molecule has 12 heavy (non-hydrogen) atoms. The third-order valence-electron chi connectivity index (χ3n) is 1.95. The second kappa shape index (κ2) is 2.59. The molecule has 1 unspecified atom stereocenters. The highest BCUT2D eigenvalue weighted by Gasteiger charge is 2.16. The minimum absolute atomic E-state index is 0.222. The first-order valence-electron chi connectivity index (χ1n) is 4.06. The zero-order chi connectivity index (χ0) is 8.55. The quantitative estimate of drug-likeness (QED) is 0.571. The van der Waals surface area contributed by atoms with E-state index < -0.39 is 0 Å². The van der Waals surface area contributed by atoms with Gasteiger partial charge in [0.1, 0.15) is 17.5 Å². The van der Waals surface area contributed by atoms with Crippen LogP contribution in [0.15, 0.2) is 18.2 Å². The lowest BCUT2D eigenvalue weighted by molar-refractivity contribution is 0.226. The van der Waals surface area contributed by atoms with Gasteiger partial charge in [-0.1, -0.05) is 6.07 Å². The van der Waals surface area contributed by atoms with Gasteiger partial charge in [0.05, 0.1) is 12.2 Å². The minimum Gasteiger partial charge on any atom is -0.487 e. The van der Waals surface area contributed by atoms with E-state index in [1.165, 1.54) is 0 Å². The lowest BCUT2D eigenvalue weighted by atomic mass is 10.2. The molecular weight excluding hydrogens is 152 g/mol. The van der Waals surface area contributed by atoms with E-state index in [1.54, 1.807) is 0 Å². The van der Waals surface area contributed by atoms with Crippen LogP contribution in [0.25, 0.3) is 0 Å². The number of ether oxygens (including phenoxy) is 1. The van der Waals surface area contributed by atoms with Crippen LogP contribution in [0, 0.1) is 0 Å². The summed E-state index contributed by atoms with van der Waals surface area (Å²) >= 11 is 0. The molecule has 0 aromatic heterocycles. The molecule has 3 nitrogen and oxygen atoms in total. The molecule has 0 spiro atoms. The molecule has 1 atom stereocenters. The topological polar surface area (TPSA) is 47.3 Å². The first-order valence-corrected chi connectivity index (χ1v) is 4.06. The molecule has 0 aliphatic carbocycles. The zero-order valence-electron chi connectivity index (χ0n) is 7.00. The second-order valence-electron chi connectivity index (χ2n) is 3.03. The van der Waals surface area contributed by atoms with Gasteiger partial charge in [0.15, 0.2) is 0 Å². The van der Waals surface area contributed by atoms with E-state index >= 15 is 0 Å². The molecule has 2 rings (SSSR count). The highest BCUT2D eigenvalue weighted by Crippen LogP contribution is 2.33. The van der Waals surface area contributed by atoms with Crippen LogP contribution in [0.5, 0.6) is 5.75 Å². The average Bonchev–Trinajstić information content (AvgIpc) is 2.04. The number of hydrogen-bond acceptors (Lipinski definition) is 3. The predicted octanol–water partition coefficient (Wildman–Crippen LogP) is 1.46. The smallest absolute Gasteiger partial charge is 0.145 e. The largest absolute Gasteiger partial charge is 0.487 e. The van der Waals surface area contributed by atoms with Gasteiger partial charge in [-0.3, -0.25) is 0 Å². The van der Waals surface area contributed by atoms with Gasteiger partial charge in [0.2, 0.25) is 0 Å². The molecule has 0 radical (unpaired) electrons. The number of nitrogens with one attached hydrogen (secondary N) is 1. The number of fused-ring (bicyclic) bond motifs is 1. The van der Waals surface area contributed by atoms with Crippen LogP contribution in [0.3, 0.4) is 0 Å². The standard InChI is InChI=1S/C9H12N2O/c1-6-5-11-9-7(10)3-2-4-8(9)12-6/h2-4,6,11H,5,10H2,1H3. The number of benzene rings is 1. The van der Waals surface area contributed by atoms with Gasteiger partial charge in [-0.05, 0) is 19.1 Å². The van der Waals surface area contributed by atoms with E-state index in [0.717, 1.165) is 23.7 Å². The van der Waals surface area contributed by atoms with Crippen LogP contribution in [-0.4, -0.2) is 12.6 Å². The van der Waals surface area contributed by atoms with E-state index in [2.05, 4.69) is 5.32 Å². The van der Waals surface area contributed by atoms with Crippen LogP contribution in [0.2, 0.25) is 0 Å². The Hall–Kier alpha value is -1.38. The molecule has 64 valence electrons. The van der Waals surface area contributed by atoms with Gasteiger partial charge >= 0.3 is 0 Å². The van der Waals surface area contributed by atoms with Crippen molar-refractivity contribution in [2.75, 3.05) is 17.6 Å². The first-order chi connectivity index (χ1) is 5.77. The Balaban J connectivity index is 2.42. The molecule has 0 saturated carbocycles. The van der Waals surface area contributed by atoms with Crippen molar-refractivity contribution < 1.29 is 4.74 Å². The molecule has 3 N–H and O–H groups in total. The first kappa shape index (κ1) is 7.28. The monoisotopic (exact) mass is 164 g/mol. The van der Waals surface area contributed by atoms with Crippen LogP contribution in [0.4, 0.5) is 11.4 Å². The van der Waals surface area contributed by atoms with Crippen LogP contribution in [-0.2, 0) is 0 Å². The van der Waals surface area contributed by atoms with Gasteiger partial charge < -0.3 is 15.8 Å². The third-order valence-corrected chi connectivity index (χ3v) is 1.95. The molecule has 1 aliphatic heterocycles. The highest BCUT2D eigenvalue weighted by molar-refractivity contribution is 5.74. The van der Waals surface area contributed by atoms with Crippen molar-refractivity contribution in [1.29, 1.82) is 0 Å². The molecule has 1 heterocycles. The molecule has 0 amide bonds. The van der Waals surface area contributed by atoms with Gasteiger partial charge in [-0.2, -0.15) is 0 Å². The molecule has 1 aliphatic rings. The maximum Gasteiger partial charge on any atom is 0.145 e. The third kappa shape index (κ3) is 1.07. The molecular formula is C9H12N2O. The molecule has 0 fully saturated rings. The summed E-state index contributed by atoms with van der Waals surface area (Å²) in [5, 5.41) is 3.23. The van der Waals surface area contributed by atoms with Crippen molar-refractivity contribution in [3.05, 3.63) is 18.2 Å². The summed E-state index contributed by atoms with van der Waals surface area (Å²) in [5.41, 5.74) is 7.42. The summed E-state index contributed by atoms with van der Waals surface area (Å²) in [6, 6.07) is 5.69. The fourth-order valence-electron chi connectivity index (χ4n) is 1.34. The van der Waals surface area contributed by atoms with E-state index in [9.17, 15) is 0 Å². The Kier molecular flexibility index (Phi) is 1.57. The van der Waals surface area contributed by atoms with Crippen LogP contribution in [0.1, 0.15) is 6.92 Å². The van der Waals surface area contributed by atoms with Crippen molar-refractivity contribution in [1.82, 2.24) is 0 Å². The van der Waals surface area contributed by atoms with Gasteiger partial charge in [0.25, 0.3) is 0 Å². The van der Waals surface area contributed by atoms with E-state index in [-0.39, 0.29) is 6.10 Å². The SMILES string of the molecule is CC1CNc2c(N)cccc2O1. The summed E-state index contributed by atoms with van der Waals surface area (Å²) in [6.07, 6.45) is 0.222. The second-order valence-corrected chi connectivity index (χ2v) is 3.03. The van der Waals surface area contributed by atoms with Crippen LogP contribution >= 0.6 is 0 Å². The number of hydrogen-bond donors (Lipinski definition) is 2. The zero-order valence-corrected chi connectivity index (χ0v) is 7.00. The number of nitrogens with two attached hydrogens (primary N) is 1. The Morgan fingerprint density at radius 1 is 1.58 bits per heavy atom. The van der Waals surface area contributed by atoms with Crippen molar-refractivity contribution in [2.24, 2.45) is 0 Å². The van der Waals surface area contributed by atoms with E-state index in [4.69, 9.17) is 10.5 Å². The number of nitrogen functional groups attached to an aromatic ring is 1. The fraction of sp³-hybridized carbons (Fsp3) is 0.333. The lowest BCUT2D eigenvalue weighted by Crippen LogP contribution is -2.28. The Labute approximate surface area is 71.5 Å². The van der Waals surface area contributed by atoms with E-state index in [0.29, 0.717) is 0 Å². The number of anilines is 2. The minimum atomic E-state index is 0.222. The summed E-state index contributed by atoms with van der Waals surface area (Å²) in [7, 11) is 0. The number of rotatable bonds is 0. The molecule has 3 heteroatoms. The summed E-state index contributed by atoms with van der Waals surface area (Å²) in [5.74, 6) is 0.855. The lowest BCUT2D eigenvalue weighted by Gasteiger charge is -2.25. The molecule has 1 aromatic rings. The highest BCUT2D eigenvalue weighted by atomic mass is 16.5. The van der Waals surface area contributed by atoms with Gasteiger partial charge in [-0.25, -0.2) is 0 Å². The van der Waals surface area contributed by atoms with Crippen LogP contribution < -0.4 is 15.8 Å². The Morgan fingerprint density at radius 2 is 2.42 bits per heavy atom. The average molecular weight is 164 g/mol. The van der Waals surface area contributed by atoms with Crippen molar-refractivity contribution in [3.8, 4) is 5.75 Å². The van der Waals surface area contributed by atoms with Gasteiger partial charge in [-0.15, -0.1) is 0 Å². The van der Waals surface area contributed by atoms with E-state index in [1.807, 2.05) is 25.1 Å². The molecule has 1 aromatic carbocycles. The maximum absolute atomic E-state index is 5.74. The fourth-order valence-corrected chi connectivity index (χ4v) is 1.34. The Morgan fingerprint density at radius 3 is 3.25 bits per heavy atom. The Bertz CT molecular complexity index is 299. The van der Waals surface area contributed by atoms with Crippen molar-refractivity contribution in [3.63, 3.8) is 0 Å². The molecule has 0 bridgehead atoms. The number of para-hydroxylation sites is 1. The van der Waals surface area contributed by atoms with Crippen molar-refractivity contribution in [2.45, 2.75) is 13.0 Å². The normalized spacial score (nSPS) is 20.6. The summed E-state index contributed by atoms with van der Waals surface area (Å²) < 4.78 is 5.57. The molecule has 0 saturated heterocycles. The maximum atomic E-state index is 5.74. The predicted molar refractivity (Wildman–Crippen MR) is 49.4 cm³/mol.